The molecule has 0 saturated heterocycles. The summed E-state index contributed by atoms with van der Waals surface area (Å²) in [6, 6.07) is 11.3. The lowest BCUT2D eigenvalue weighted by Crippen LogP contribution is -2.10. The van der Waals surface area contributed by atoms with Gasteiger partial charge in [-0.05, 0) is 22.4 Å². The van der Waals surface area contributed by atoms with Crippen LogP contribution in [0.25, 0.3) is 0 Å². The summed E-state index contributed by atoms with van der Waals surface area (Å²) in [6.45, 7) is 0. The predicted molar refractivity (Wildman–Crippen MR) is 86.8 cm³/mol. The molecule has 2 rings (SSSR count). The van der Waals surface area contributed by atoms with Crippen LogP contribution in [-0.4, -0.2) is 10.1 Å². The molecule has 2 nitrogen and oxygen atoms in total. The Kier molecular flexibility index (Phi) is 5.13. The van der Waals surface area contributed by atoms with Gasteiger partial charge in [0.2, 0.25) is 0 Å². The molecule has 0 radical (unpaired) electrons. The molecule has 19 heavy (non-hydrogen) atoms. The number of hydrogen-bond donors (Lipinski definition) is 1. The van der Waals surface area contributed by atoms with Crippen molar-refractivity contribution in [3.63, 3.8) is 0 Å². The van der Waals surface area contributed by atoms with E-state index in [4.69, 9.17) is 18.0 Å². The van der Waals surface area contributed by atoms with E-state index in [1.807, 2.05) is 47.2 Å². The highest BCUT2D eigenvalue weighted by molar-refractivity contribution is 8.23. The van der Waals surface area contributed by atoms with Crippen LogP contribution in [0.3, 0.4) is 0 Å². The number of thioether (sulfide) groups is 1. The molecule has 0 aliphatic heterocycles. The fourth-order valence-corrected chi connectivity index (χ4v) is 3.68. The summed E-state index contributed by atoms with van der Waals surface area (Å²) in [5, 5.41) is 4.03. The molecule has 0 aliphatic rings. The molecule has 0 spiro atoms. The second kappa shape index (κ2) is 6.84. The molecule has 0 saturated carbocycles. The molecule has 0 amide bonds. The summed E-state index contributed by atoms with van der Waals surface area (Å²) in [5.74, 6) is 0.112. The van der Waals surface area contributed by atoms with E-state index in [9.17, 15) is 4.79 Å². The lowest BCUT2D eigenvalue weighted by Gasteiger charge is -2.13. The average Bonchev–Trinajstić information content (AvgIpc) is 2.92. The van der Waals surface area contributed by atoms with Crippen molar-refractivity contribution in [3.05, 3.63) is 58.3 Å². The first-order chi connectivity index (χ1) is 9.16. The van der Waals surface area contributed by atoms with Crippen molar-refractivity contribution in [2.45, 2.75) is 11.7 Å². The molecule has 0 aliphatic carbocycles. The van der Waals surface area contributed by atoms with Crippen LogP contribution < -0.4 is 5.73 Å². The summed E-state index contributed by atoms with van der Waals surface area (Å²) in [7, 11) is 0. The second-order valence-corrected chi connectivity index (χ2v) is 6.70. The van der Waals surface area contributed by atoms with Crippen LogP contribution in [0, 0.1) is 0 Å². The zero-order valence-corrected chi connectivity index (χ0v) is 12.6. The van der Waals surface area contributed by atoms with E-state index >= 15 is 0 Å². The van der Waals surface area contributed by atoms with Crippen LogP contribution in [0.5, 0.6) is 0 Å². The third kappa shape index (κ3) is 4.16. The highest BCUT2D eigenvalue weighted by Crippen LogP contribution is 2.34. The van der Waals surface area contributed by atoms with Crippen LogP contribution in [-0.2, 0) is 0 Å². The minimum Gasteiger partial charge on any atom is -0.385 e. The summed E-state index contributed by atoms with van der Waals surface area (Å²) in [6.07, 6.45) is 0.406. The molecule has 0 fully saturated rings. The maximum Gasteiger partial charge on any atom is 0.164 e. The van der Waals surface area contributed by atoms with Gasteiger partial charge in [-0.3, -0.25) is 4.79 Å². The average molecular weight is 307 g/mol. The molecule has 2 aromatic rings. The Hall–Kier alpha value is -1.17. The molecule has 1 aromatic heterocycles. The number of benzene rings is 1. The fraction of sp³-hybridized carbons (Fsp3) is 0.143. The van der Waals surface area contributed by atoms with E-state index in [0.717, 1.165) is 11.1 Å². The zero-order chi connectivity index (χ0) is 13.7. The van der Waals surface area contributed by atoms with Gasteiger partial charge in [0, 0.05) is 17.2 Å². The van der Waals surface area contributed by atoms with E-state index in [-0.39, 0.29) is 11.0 Å². The van der Waals surface area contributed by atoms with Gasteiger partial charge in [-0.15, -0.1) is 0 Å². The molecular formula is C14H13NOS3. The van der Waals surface area contributed by atoms with Crippen LogP contribution >= 0.6 is 35.3 Å². The highest BCUT2D eigenvalue weighted by Gasteiger charge is 2.19. The number of carbonyl (C=O) groups is 1. The van der Waals surface area contributed by atoms with Gasteiger partial charge in [-0.1, -0.05) is 54.3 Å². The first kappa shape index (κ1) is 14.2. The molecule has 0 bridgehead atoms. The molecule has 2 N–H and O–H groups in total. The van der Waals surface area contributed by atoms with Crippen molar-refractivity contribution >= 4 is 45.4 Å². The standard InChI is InChI=1S/C14H13NOS3/c15-14(17)19-13(11-6-7-18-9-11)8-12(16)10-4-2-1-3-5-10/h1-7,9,13H,8H2,(H2,15,17)/t13-/m0/s1. The Morgan fingerprint density at radius 2 is 2.05 bits per heavy atom. The van der Waals surface area contributed by atoms with Gasteiger partial charge in [-0.2, -0.15) is 11.3 Å². The van der Waals surface area contributed by atoms with E-state index < -0.39 is 0 Å². The first-order valence-electron chi connectivity index (χ1n) is 5.73. The lowest BCUT2D eigenvalue weighted by atomic mass is 10.0. The Balaban J connectivity index is 2.12. The topological polar surface area (TPSA) is 43.1 Å². The Morgan fingerprint density at radius 1 is 1.32 bits per heavy atom. The molecule has 98 valence electrons. The van der Waals surface area contributed by atoms with Gasteiger partial charge < -0.3 is 5.73 Å². The van der Waals surface area contributed by atoms with E-state index in [0.29, 0.717) is 10.7 Å². The number of rotatable bonds is 5. The van der Waals surface area contributed by atoms with E-state index in [1.165, 1.54) is 11.8 Å². The third-order valence-corrected chi connectivity index (χ3v) is 4.59. The molecule has 5 heteroatoms. The predicted octanol–water partition coefficient (Wildman–Crippen LogP) is 4.04. The van der Waals surface area contributed by atoms with Crippen molar-refractivity contribution in [3.8, 4) is 0 Å². The monoisotopic (exact) mass is 307 g/mol. The Labute approximate surface area is 126 Å². The number of hydrogen-bond acceptors (Lipinski definition) is 4. The van der Waals surface area contributed by atoms with Crippen LogP contribution in [0.15, 0.2) is 47.2 Å². The van der Waals surface area contributed by atoms with Gasteiger partial charge in [0.05, 0.1) is 0 Å². The molecule has 1 aromatic carbocycles. The summed E-state index contributed by atoms with van der Waals surface area (Å²) >= 11 is 7.93. The van der Waals surface area contributed by atoms with Crippen molar-refractivity contribution in [2.24, 2.45) is 5.73 Å². The van der Waals surface area contributed by atoms with E-state index in [1.54, 1.807) is 11.3 Å². The van der Waals surface area contributed by atoms with Crippen molar-refractivity contribution in [1.82, 2.24) is 0 Å². The van der Waals surface area contributed by atoms with Gasteiger partial charge in [-0.25, -0.2) is 0 Å². The van der Waals surface area contributed by atoms with E-state index in [2.05, 4.69) is 0 Å². The van der Waals surface area contributed by atoms with Gasteiger partial charge in [0.1, 0.15) is 4.32 Å². The molecule has 0 unspecified atom stereocenters. The summed E-state index contributed by atoms with van der Waals surface area (Å²) in [4.78, 5) is 12.2. The van der Waals surface area contributed by atoms with Crippen molar-refractivity contribution < 1.29 is 4.79 Å². The molecule has 1 heterocycles. The van der Waals surface area contributed by atoms with Crippen LogP contribution in [0.4, 0.5) is 0 Å². The maximum atomic E-state index is 12.2. The number of thiocarbonyl (C=S) groups is 1. The number of Topliss-reactive ketones (excluding diaryl/α,β-unsaturated/α-hetero) is 1. The highest BCUT2D eigenvalue weighted by atomic mass is 32.2. The SMILES string of the molecule is NC(=S)S[C@@H](CC(=O)c1ccccc1)c1ccsc1. The summed E-state index contributed by atoms with van der Waals surface area (Å²) < 4.78 is 0.372. The Bertz CT molecular complexity index is 551. The van der Waals surface area contributed by atoms with Crippen LogP contribution in [0.2, 0.25) is 0 Å². The largest absolute Gasteiger partial charge is 0.385 e. The fourth-order valence-electron chi connectivity index (χ4n) is 1.74. The van der Waals surface area contributed by atoms with Gasteiger partial charge >= 0.3 is 0 Å². The molecular weight excluding hydrogens is 294 g/mol. The smallest absolute Gasteiger partial charge is 0.164 e. The number of nitrogens with two attached hydrogens (primary N) is 1. The van der Waals surface area contributed by atoms with Gasteiger partial charge in [0.15, 0.2) is 5.78 Å². The summed E-state index contributed by atoms with van der Waals surface area (Å²) in [5.41, 5.74) is 7.43. The Morgan fingerprint density at radius 3 is 2.63 bits per heavy atom. The second-order valence-electron chi connectivity index (χ2n) is 3.98. The van der Waals surface area contributed by atoms with Crippen molar-refractivity contribution in [2.75, 3.05) is 0 Å². The number of thiophene rings is 1. The number of ketones is 1. The maximum absolute atomic E-state index is 12.2. The lowest BCUT2D eigenvalue weighted by molar-refractivity contribution is 0.0982. The quantitative estimate of drug-likeness (QED) is 0.669. The van der Waals surface area contributed by atoms with Crippen LogP contribution in [0.1, 0.15) is 27.6 Å². The minimum atomic E-state index is -0.00328. The van der Waals surface area contributed by atoms with Gasteiger partial charge in [0.25, 0.3) is 0 Å². The van der Waals surface area contributed by atoms with Crippen molar-refractivity contribution in [1.29, 1.82) is 0 Å². The first-order valence-corrected chi connectivity index (χ1v) is 7.96. The third-order valence-electron chi connectivity index (χ3n) is 2.64. The zero-order valence-electron chi connectivity index (χ0n) is 10.1. The molecule has 1 atom stereocenters. The minimum absolute atomic E-state index is 0.00328. The number of carbonyl (C=O) groups excluding carboxylic acids is 1. The normalized spacial score (nSPS) is 12.0.